The molecule has 0 aliphatic heterocycles. The number of hydrogen-bond acceptors (Lipinski definition) is 3. The first kappa shape index (κ1) is 14.0. The fourth-order valence-corrected chi connectivity index (χ4v) is 2.49. The Morgan fingerprint density at radius 3 is 2.63 bits per heavy atom. The lowest BCUT2D eigenvalue weighted by molar-refractivity contribution is -0.137. The van der Waals surface area contributed by atoms with E-state index >= 15 is 0 Å². The van der Waals surface area contributed by atoms with Gasteiger partial charge in [0.25, 0.3) is 0 Å². The number of alkyl halides is 3. The Morgan fingerprint density at radius 2 is 2.05 bits per heavy atom. The standard InChI is InChI=1S/C12H10F4N2S/c1-17-5-7-2-3-8(13)4-9(7)10-6-18-11(19-10)12(14,15)16/h2-4,6,17H,5H2,1H3. The molecule has 0 saturated heterocycles. The Balaban J connectivity index is 2.46. The van der Waals surface area contributed by atoms with Crippen molar-refractivity contribution >= 4 is 11.3 Å². The number of nitrogens with one attached hydrogen (secondary N) is 1. The summed E-state index contributed by atoms with van der Waals surface area (Å²) in [6.45, 7) is 0.439. The minimum atomic E-state index is -4.47. The van der Waals surface area contributed by atoms with Crippen molar-refractivity contribution < 1.29 is 17.6 Å². The molecular weight excluding hydrogens is 280 g/mol. The lowest BCUT2D eigenvalue weighted by Gasteiger charge is -2.07. The van der Waals surface area contributed by atoms with Crippen LogP contribution in [-0.2, 0) is 12.7 Å². The molecule has 0 amide bonds. The fourth-order valence-electron chi connectivity index (χ4n) is 1.65. The highest BCUT2D eigenvalue weighted by Crippen LogP contribution is 2.37. The minimum absolute atomic E-state index is 0.303. The Hall–Kier alpha value is -1.47. The van der Waals surface area contributed by atoms with Crippen molar-refractivity contribution in [2.24, 2.45) is 0 Å². The molecule has 19 heavy (non-hydrogen) atoms. The summed E-state index contributed by atoms with van der Waals surface area (Å²) in [6.07, 6.45) is -3.35. The van der Waals surface area contributed by atoms with Crippen LogP contribution in [-0.4, -0.2) is 12.0 Å². The van der Waals surface area contributed by atoms with Gasteiger partial charge in [0, 0.05) is 18.3 Å². The molecule has 2 nitrogen and oxygen atoms in total. The van der Waals surface area contributed by atoms with E-state index in [4.69, 9.17) is 0 Å². The van der Waals surface area contributed by atoms with E-state index in [0.717, 1.165) is 11.8 Å². The molecule has 102 valence electrons. The molecule has 1 heterocycles. The molecule has 0 unspecified atom stereocenters. The smallest absolute Gasteiger partial charge is 0.316 e. The fraction of sp³-hybridized carbons (Fsp3) is 0.250. The zero-order valence-corrected chi connectivity index (χ0v) is 10.7. The molecule has 0 spiro atoms. The van der Waals surface area contributed by atoms with Crippen LogP contribution in [0.4, 0.5) is 17.6 Å². The van der Waals surface area contributed by atoms with Crippen LogP contribution >= 0.6 is 11.3 Å². The first-order valence-electron chi connectivity index (χ1n) is 5.38. The van der Waals surface area contributed by atoms with Gasteiger partial charge in [-0.05, 0) is 24.7 Å². The average molecular weight is 290 g/mol. The highest BCUT2D eigenvalue weighted by atomic mass is 32.1. The van der Waals surface area contributed by atoms with Gasteiger partial charge in [-0.25, -0.2) is 9.37 Å². The summed E-state index contributed by atoms with van der Waals surface area (Å²) in [5.74, 6) is -0.489. The molecule has 0 radical (unpaired) electrons. The SMILES string of the molecule is CNCc1ccc(F)cc1-c1cnc(C(F)(F)F)s1. The number of nitrogens with zero attached hydrogens (tertiary/aromatic N) is 1. The van der Waals surface area contributed by atoms with Crippen molar-refractivity contribution in [3.63, 3.8) is 0 Å². The zero-order chi connectivity index (χ0) is 14.0. The molecule has 0 fully saturated rings. The zero-order valence-electron chi connectivity index (χ0n) is 9.88. The van der Waals surface area contributed by atoms with Gasteiger partial charge in [0.15, 0.2) is 5.01 Å². The second kappa shape index (κ2) is 5.26. The van der Waals surface area contributed by atoms with Crippen LogP contribution in [0.25, 0.3) is 10.4 Å². The lowest BCUT2D eigenvalue weighted by atomic mass is 10.1. The summed E-state index contributed by atoms with van der Waals surface area (Å²) in [5, 5.41) is 1.96. The Kier molecular flexibility index (Phi) is 3.86. The van der Waals surface area contributed by atoms with E-state index in [1.165, 1.54) is 12.1 Å². The van der Waals surface area contributed by atoms with Crippen molar-refractivity contribution in [1.29, 1.82) is 0 Å². The molecule has 0 atom stereocenters. The summed E-state index contributed by atoms with van der Waals surface area (Å²) >= 11 is 0.511. The average Bonchev–Trinajstić information content (AvgIpc) is 2.80. The van der Waals surface area contributed by atoms with Crippen molar-refractivity contribution in [2.75, 3.05) is 7.05 Å². The molecular formula is C12H10F4N2S. The second-order valence-electron chi connectivity index (χ2n) is 3.86. The Morgan fingerprint density at radius 1 is 1.32 bits per heavy atom. The van der Waals surface area contributed by atoms with Gasteiger partial charge in [-0.15, -0.1) is 11.3 Å². The quantitative estimate of drug-likeness (QED) is 0.872. The lowest BCUT2D eigenvalue weighted by Crippen LogP contribution is -2.06. The molecule has 7 heteroatoms. The third kappa shape index (κ3) is 3.10. The van der Waals surface area contributed by atoms with E-state index < -0.39 is 17.0 Å². The van der Waals surface area contributed by atoms with Crippen LogP contribution < -0.4 is 5.32 Å². The predicted octanol–water partition coefficient (Wildman–Crippen LogP) is 3.69. The molecule has 0 aliphatic carbocycles. The molecule has 1 aromatic heterocycles. The number of thiazole rings is 1. The monoisotopic (exact) mass is 290 g/mol. The van der Waals surface area contributed by atoms with E-state index in [-0.39, 0.29) is 0 Å². The number of hydrogen-bond donors (Lipinski definition) is 1. The van der Waals surface area contributed by atoms with E-state index in [9.17, 15) is 17.6 Å². The highest BCUT2D eigenvalue weighted by Gasteiger charge is 2.34. The molecule has 1 aromatic carbocycles. The van der Waals surface area contributed by atoms with Gasteiger partial charge in [-0.2, -0.15) is 13.2 Å². The number of halogens is 4. The van der Waals surface area contributed by atoms with Crippen LogP contribution in [0.5, 0.6) is 0 Å². The van der Waals surface area contributed by atoms with E-state index in [1.54, 1.807) is 13.1 Å². The van der Waals surface area contributed by atoms with Crippen LogP contribution in [0.15, 0.2) is 24.4 Å². The number of benzene rings is 1. The maximum atomic E-state index is 13.3. The summed E-state index contributed by atoms with van der Waals surface area (Å²) in [4.78, 5) is 3.65. The molecule has 1 N–H and O–H groups in total. The Labute approximate surface area is 111 Å². The Bertz CT molecular complexity index is 577. The van der Waals surface area contributed by atoms with Crippen molar-refractivity contribution in [1.82, 2.24) is 10.3 Å². The van der Waals surface area contributed by atoms with Crippen molar-refractivity contribution in [3.8, 4) is 10.4 Å². The predicted molar refractivity (Wildman–Crippen MR) is 65.3 cm³/mol. The summed E-state index contributed by atoms with van der Waals surface area (Å²) < 4.78 is 50.8. The summed E-state index contributed by atoms with van der Waals surface area (Å²) in [6, 6.07) is 4.05. The first-order valence-corrected chi connectivity index (χ1v) is 6.20. The topological polar surface area (TPSA) is 24.9 Å². The van der Waals surface area contributed by atoms with Gasteiger partial charge in [0.2, 0.25) is 0 Å². The van der Waals surface area contributed by atoms with Crippen LogP contribution in [0.1, 0.15) is 10.6 Å². The van der Waals surface area contributed by atoms with Crippen LogP contribution in [0.2, 0.25) is 0 Å². The van der Waals surface area contributed by atoms with Gasteiger partial charge >= 0.3 is 6.18 Å². The minimum Gasteiger partial charge on any atom is -0.316 e. The molecule has 0 aliphatic rings. The molecule has 0 bridgehead atoms. The maximum absolute atomic E-state index is 13.3. The second-order valence-corrected chi connectivity index (χ2v) is 4.89. The third-order valence-electron chi connectivity index (χ3n) is 2.45. The van der Waals surface area contributed by atoms with Gasteiger partial charge in [-0.1, -0.05) is 6.07 Å². The normalized spacial score (nSPS) is 11.8. The van der Waals surface area contributed by atoms with Crippen molar-refractivity contribution in [3.05, 3.63) is 40.8 Å². The summed E-state index contributed by atoms with van der Waals surface area (Å²) in [5.41, 5.74) is 1.16. The van der Waals surface area contributed by atoms with Gasteiger partial charge < -0.3 is 5.32 Å². The van der Waals surface area contributed by atoms with Crippen LogP contribution in [0.3, 0.4) is 0 Å². The van der Waals surface area contributed by atoms with E-state index in [2.05, 4.69) is 10.3 Å². The third-order valence-corrected chi connectivity index (χ3v) is 3.53. The van der Waals surface area contributed by atoms with Crippen molar-refractivity contribution in [2.45, 2.75) is 12.7 Å². The van der Waals surface area contributed by atoms with E-state index in [1.807, 2.05) is 0 Å². The largest absolute Gasteiger partial charge is 0.443 e. The molecule has 2 aromatic rings. The maximum Gasteiger partial charge on any atom is 0.443 e. The van der Waals surface area contributed by atoms with Gasteiger partial charge in [0.1, 0.15) is 5.82 Å². The van der Waals surface area contributed by atoms with Gasteiger partial charge in [-0.3, -0.25) is 0 Å². The number of aromatic nitrogens is 1. The number of rotatable bonds is 3. The van der Waals surface area contributed by atoms with E-state index in [0.29, 0.717) is 28.3 Å². The molecule has 0 saturated carbocycles. The highest BCUT2D eigenvalue weighted by molar-refractivity contribution is 7.15. The summed E-state index contributed by atoms with van der Waals surface area (Å²) in [7, 11) is 1.71. The van der Waals surface area contributed by atoms with Crippen LogP contribution in [0, 0.1) is 5.82 Å². The van der Waals surface area contributed by atoms with Gasteiger partial charge in [0.05, 0.1) is 4.88 Å². The molecule has 2 rings (SSSR count). The first-order chi connectivity index (χ1) is 8.91.